The Morgan fingerprint density at radius 1 is 1.50 bits per heavy atom. The van der Waals surface area contributed by atoms with Crippen LogP contribution in [-0.2, 0) is 4.74 Å². The van der Waals surface area contributed by atoms with Crippen molar-refractivity contribution in [1.29, 1.82) is 0 Å². The van der Waals surface area contributed by atoms with Gasteiger partial charge in [-0.1, -0.05) is 0 Å². The summed E-state index contributed by atoms with van der Waals surface area (Å²) in [5.41, 5.74) is 1.12. The largest absolute Gasteiger partial charge is 0.472 e. The topological polar surface area (TPSA) is 34.4 Å². The molecule has 0 amide bonds. The molecular weight excluding hydrogens is 178 g/mol. The predicted octanol–water partition coefficient (Wildman–Crippen LogP) is 1.36. The molecule has 0 radical (unpaired) electrons. The molecule has 0 saturated carbocycles. The first-order valence-electron chi connectivity index (χ1n) is 3.81. The number of rotatable bonds is 1. The third kappa shape index (κ3) is 2.00. The molecule has 2 rings (SSSR count). The number of nitrogens with one attached hydrogen (secondary N) is 1. The van der Waals surface area contributed by atoms with Crippen molar-refractivity contribution in [2.75, 3.05) is 19.7 Å². The number of hydrogen-bond donors (Lipinski definition) is 1. The van der Waals surface area contributed by atoms with E-state index in [9.17, 15) is 0 Å². The second-order valence-electron chi connectivity index (χ2n) is 2.62. The summed E-state index contributed by atoms with van der Waals surface area (Å²) in [4.78, 5) is 0. The van der Waals surface area contributed by atoms with Crippen LogP contribution in [0.4, 0.5) is 0 Å². The Labute approximate surface area is 77.5 Å². The molecule has 1 saturated heterocycles. The minimum atomic E-state index is 0. The second kappa shape index (κ2) is 4.50. The molecule has 0 spiro atoms. The molecule has 68 valence electrons. The van der Waals surface area contributed by atoms with E-state index in [1.165, 1.54) is 0 Å². The van der Waals surface area contributed by atoms with Crippen LogP contribution in [0.5, 0.6) is 0 Å². The SMILES string of the molecule is Cl.c1cc(C2CNCCO2)co1. The standard InChI is InChI=1S/C8H11NO2.ClH/c1-3-10-6-7(1)8-5-9-2-4-11-8;/h1,3,6,8-9H,2,4-5H2;1H. The molecular formula is C8H12ClNO2. The van der Waals surface area contributed by atoms with E-state index in [4.69, 9.17) is 9.15 Å². The van der Waals surface area contributed by atoms with Crippen LogP contribution in [0, 0.1) is 0 Å². The van der Waals surface area contributed by atoms with Crippen molar-refractivity contribution < 1.29 is 9.15 Å². The Kier molecular flexibility index (Phi) is 3.59. The van der Waals surface area contributed by atoms with Gasteiger partial charge in [-0.2, -0.15) is 0 Å². The normalized spacial score (nSPS) is 23.2. The number of ether oxygens (including phenoxy) is 1. The van der Waals surface area contributed by atoms with Gasteiger partial charge in [0.15, 0.2) is 0 Å². The first kappa shape index (κ1) is 9.58. The smallest absolute Gasteiger partial charge is 0.0980 e. The summed E-state index contributed by atoms with van der Waals surface area (Å²) in [5, 5.41) is 3.26. The van der Waals surface area contributed by atoms with Crippen LogP contribution in [0.3, 0.4) is 0 Å². The lowest BCUT2D eigenvalue weighted by Gasteiger charge is -2.22. The molecule has 3 nitrogen and oxygen atoms in total. The third-order valence-corrected chi connectivity index (χ3v) is 1.84. The predicted molar refractivity (Wildman–Crippen MR) is 47.5 cm³/mol. The fraction of sp³-hybridized carbons (Fsp3) is 0.500. The summed E-state index contributed by atoms with van der Waals surface area (Å²) in [7, 11) is 0. The number of morpholine rings is 1. The van der Waals surface area contributed by atoms with E-state index in [0.717, 1.165) is 25.3 Å². The lowest BCUT2D eigenvalue weighted by Crippen LogP contribution is -2.33. The first-order chi connectivity index (χ1) is 5.47. The zero-order valence-electron chi connectivity index (χ0n) is 6.66. The molecule has 1 unspecified atom stereocenters. The minimum Gasteiger partial charge on any atom is -0.472 e. The maximum Gasteiger partial charge on any atom is 0.0980 e. The van der Waals surface area contributed by atoms with E-state index < -0.39 is 0 Å². The highest BCUT2D eigenvalue weighted by Gasteiger charge is 2.15. The van der Waals surface area contributed by atoms with Crippen molar-refractivity contribution in [3.63, 3.8) is 0 Å². The Morgan fingerprint density at radius 3 is 3.00 bits per heavy atom. The Hall–Kier alpha value is -0.510. The van der Waals surface area contributed by atoms with Crippen molar-refractivity contribution in [2.45, 2.75) is 6.10 Å². The van der Waals surface area contributed by atoms with Crippen LogP contribution in [0.1, 0.15) is 11.7 Å². The fourth-order valence-corrected chi connectivity index (χ4v) is 1.24. The van der Waals surface area contributed by atoms with Gasteiger partial charge < -0.3 is 14.5 Å². The monoisotopic (exact) mass is 189 g/mol. The van der Waals surface area contributed by atoms with E-state index in [2.05, 4.69) is 5.32 Å². The lowest BCUT2D eigenvalue weighted by atomic mass is 10.2. The van der Waals surface area contributed by atoms with Gasteiger partial charge in [0, 0.05) is 18.7 Å². The minimum absolute atomic E-state index is 0. The maximum absolute atomic E-state index is 5.50. The van der Waals surface area contributed by atoms with Gasteiger partial charge in [0.05, 0.1) is 25.2 Å². The molecule has 0 aromatic carbocycles. The zero-order chi connectivity index (χ0) is 7.52. The first-order valence-corrected chi connectivity index (χ1v) is 3.81. The van der Waals surface area contributed by atoms with Crippen molar-refractivity contribution in [3.8, 4) is 0 Å². The van der Waals surface area contributed by atoms with Gasteiger partial charge >= 0.3 is 0 Å². The van der Waals surface area contributed by atoms with Crippen molar-refractivity contribution in [2.24, 2.45) is 0 Å². The van der Waals surface area contributed by atoms with Crippen molar-refractivity contribution in [1.82, 2.24) is 5.32 Å². The van der Waals surface area contributed by atoms with E-state index in [-0.39, 0.29) is 18.5 Å². The molecule has 4 heteroatoms. The highest BCUT2D eigenvalue weighted by atomic mass is 35.5. The van der Waals surface area contributed by atoms with Gasteiger partial charge in [0.1, 0.15) is 0 Å². The van der Waals surface area contributed by atoms with Gasteiger partial charge in [-0.3, -0.25) is 0 Å². The van der Waals surface area contributed by atoms with Crippen molar-refractivity contribution in [3.05, 3.63) is 24.2 Å². The molecule has 1 atom stereocenters. The van der Waals surface area contributed by atoms with Crippen LogP contribution >= 0.6 is 12.4 Å². The zero-order valence-corrected chi connectivity index (χ0v) is 7.47. The molecule has 0 aliphatic carbocycles. The summed E-state index contributed by atoms with van der Waals surface area (Å²) in [6, 6.07) is 1.94. The average molecular weight is 190 g/mol. The van der Waals surface area contributed by atoms with E-state index in [0.29, 0.717) is 0 Å². The Morgan fingerprint density at radius 2 is 2.42 bits per heavy atom. The summed E-state index contributed by atoms with van der Waals surface area (Å²) < 4.78 is 10.5. The van der Waals surface area contributed by atoms with Crippen LogP contribution in [0.25, 0.3) is 0 Å². The van der Waals surface area contributed by atoms with Crippen LogP contribution < -0.4 is 5.32 Å². The van der Waals surface area contributed by atoms with Gasteiger partial charge in [-0.15, -0.1) is 12.4 Å². The molecule has 1 aliphatic heterocycles. The van der Waals surface area contributed by atoms with Crippen LogP contribution in [0.15, 0.2) is 23.0 Å². The van der Waals surface area contributed by atoms with Gasteiger partial charge in [-0.05, 0) is 6.07 Å². The molecule has 0 bridgehead atoms. The van der Waals surface area contributed by atoms with Gasteiger partial charge in [-0.25, -0.2) is 0 Å². The molecule has 1 aromatic heterocycles. The Bertz CT molecular complexity index is 207. The summed E-state index contributed by atoms with van der Waals surface area (Å²) in [5.74, 6) is 0. The summed E-state index contributed by atoms with van der Waals surface area (Å²) in [6.45, 7) is 2.63. The molecule has 1 aromatic rings. The third-order valence-electron chi connectivity index (χ3n) is 1.84. The number of hydrogen-bond acceptors (Lipinski definition) is 3. The summed E-state index contributed by atoms with van der Waals surface area (Å²) >= 11 is 0. The highest BCUT2D eigenvalue weighted by Crippen LogP contribution is 2.18. The Balaban J connectivity index is 0.000000720. The van der Waals surface area contributed by atoms with Crippen LogP contribution in [-0.4, -0.2) is 19.7 Å². The number of furan rings is 1. The molecule has 12 heavy (non-hydrogen) atoms. The van der Waals surface area contributed by atoms with E-state index in [1.54, 1.807) is 12.5 Å². The van der Waals surface area contributed by atoms with Gasteiger partial charge in [0.2, 0.25) is 0 Å². The van der Waals surface area contributed by atoms with E-state index in [1.807, 2.05) is 6.07 Å². The highest BCUT2D eigenvalue weighted by molar-refractivity contribution is 5.85. The average Bonchev–Trinajstić information content (AvgIpc) is 2.58. The molecule has 2 heterocycles. The van der Waals surface area contributed by atoms with Crippen LogP contribution in [0.2, 0.25) is 0 Å². The molecule has 1 N–H and O–H groups in total. The molecule has 1 aliphatic rings. The van der Waals surface area contributed by atoms with Crippen molar-refractivity contribution >= 4 is 12.4 Å². The maximum atomic E-state index is 5.50. The van der Waals surface area contributed by atoms with Gasteiger partial charge in [0.25, 0.3) is 0 Å². The summed E-state index contributed by atoms with van der Waals surface area (Å²) in [6.07, 6.45) is 3.59. The molecule has 1 fully saturated rings. The number of halogens is 1. The second-order valence-corrected chi connectivity index (χ2v) is 2.62. The lowest BCUT2D eigenvalue weighted by molar-refractivity contribution is 0.0273. The quantitative estimate of drug-likeness (QED) is 0.725. The van der Waals surface area contributed by atoms with E-state index >= 15 is 0 Å². The fourth-order valence-electron chi connectivity index (χ4n) is 1.24.